The molecule has 2 aromatic rings. The molecule has 0 aliphatic carbocycles. The molecular formula is C13H11ClN2O2S. The Morgan fingerprint density at radius 1 is 1.11 bits per heavy atom. The fourth-order valence-electron chi connectivity index (χ4n) is 1.39. The number of nitrogens with zero attached hydrogens (tertiary/aromatic N) is 1. The summed E-state index contributed by atoms with van der Waals surface area (Å²) in [4.78, 5) is 3.81. The van der Waals surface area contributed by atoms with Gasteiger partial charge in [-0.3, -0.25) is 9.71 Å². The van der Waals surface area contributed by atoms with Gasteiger partial charge in [-0.05, 0) is 29.8 Å². The van der Waals surface area contributed by atoms with E-state index in [1.807, 2.05) is 0 Å². The summed E-state index contributed by atoms with van der Waals surface area (Å²) in [6, 6.07) is 10.1. The number of hydrogen-bond acceptors (Lipinski definition) is 3. The van der Waals surface area contributed by atoms with Crippen LogP contribution >= 0.6 is 11.6 Å². The van der Waals surface area contributed by atoms with Gasteiger partial charge < -0.3 is 0 Å². The zero-order valence-electron chi connectivity index (χ0n) is 9.82. The van der Waals surface area contributed by atoms with Gasteiger partial charge in [-0.15, -0.1) is 0 Å². The van der Waals surface area contributed by atoms with E-state index in [1.54, 1.807) is 36.4 Å². The van der Waals surface area contributed by atoms with Gasteiger partial charge in [-0.1, -0.05) is 29.8 Å². The molecule has 1 aromatic carbocycles. The largest absolute Gasteiger partial charge is 0.280 e. The lowest BCUT2D eigenvalue weighted by molar-refractivity contribution is 0.609. The smallest absolute Gasteiger partial charge is 0.255 e. The number of hydrogen-bond donors (Lipinski definition) is 1. The minimum absolute atomic E-state index is 0.457. The third-order valence-corrected chi connectivity index (χ3v) is 3.63. The number of pyridine rings is 1. The lowest BCUT2D eigenvalue weighted by atomic mass is 10.2. The van der Waals surface area contributed by atoms with E-state index in [2.05, 4.69) is 9.71 Å². The van der Waals surface area contributed by atoms with Crippen molar-refractivity contribution in [1.29, 1.82) is 0 Å². The number of sulfonamides is 1. The first-order valence-electron chi connectivity index (χ1n) is 5.42. The Kier molecular flexibility index (Phi) is 4.19. The molecule has 0 radical (unpaired) electrons. The maximum absolute atomic E-state index is 11.8. The highest BCUT2D eigenvalue weighted by Crippen LogP contribution is 2.17. The summed E-state index contributed by atoms with van der Waals surface area (Å²) in [5.74, 6) is 0. The molecule has 98 valence electrons. The molecule has 0 bridgehead atoms. The van der Waals surface area contributed by atoms with Crippen LogP contribution in [-0.2, 0) is 10.0 Å². The van der Waals surface area contributed by atoms with Gasteiger partial charge in [0, 0.05) is 17.4 Å². The first kappa shape index (κ1) is 13.6. The van der Waals surface area contributed by atoms with Crippen LogP contribution in [0.5, 0.6) is 0 Å². The highest BCUT2D eigenvalue weighted by atomic mass is 35.5. The van der Waals surface area contributed by atoms with Gasteiger partial charge in [0.1, 0.15) is 0 Å². The van der Waals surface area contributed by atoms with Crippen LogP contribution in [-0.4, -0.2) is 13.4 Å². The predicted molar refractivity (Wildman–Crippen MR) is 77.3 cm³/mol. The lowest BCUT2D eigenvalue weighted by Crippen LogP contribution is -2.08. The summed E-state index contributed by atoms with van der Waals surface area (Å²) in [6.07, 6.45) is 4.47. The van der Waals surface area contributed by atoms with Crippen LogP contribution in [0.15, 0.2) is 54.2 Å². The van der Waals surface area contributed by atoms with Gasteiger partial charge >= 0.3 is 0 Å². The fourth-order valence-corrected chi connectivity index (χ4v) is 2.45. The number of aromatic nitrogens is 1. The van der Waals surface area contributed by atoms with Crippen molar-refractivity contribution in [2.45, 2.75) is 0 Å². The average molecular weight is 295 g/mol. The van der Waals surface area contributed by atoms with Gasteiger partial charge in [0.2, 0.25) is 0 Å². The SMILES string of the molecule is O=S(=O)(C=Cc1ccccc1Cl)Nc1ccncc1. The van der Waals surface area contributed by atoms with E-state index in [-0.39, 0.29) is 0 Å². The van der Waals surface area contributed by atoms with E-state index in [4.69, 9.17) is 11.6 Å². The number of halogens is 1. The first-order valence-corrected chi connectivity index (χ1v) is 7.35. The molecule has 0 aliphatic heterocycles. The molecule has 0 aliphatic rings. The molecule has 1 heterocycles. The lowest BCUT2D eigenvalue weighted by Gasteiger charge is -2.03. The van der Waals surface area contributed by atoms with Gasteiger partial charge in [0.15, 0.2) is 0 Å². The maximum Gasteiger partial charge on any atom is 0.255 e. The molecule has 0 saturated carbocycles. The van der Waals surface area contributed by atoms with Crippen molar-refractivity contribution >= 4 is 33.4 Å². The van der Waals surface area contributed by atoms with Crippen molar-refractivity contribution in [3.05, 3.63) is 64.8 Å². The minimum atomic E-state index is -3.57. The van der Waals surface area contributed by atoms with E-state index in [0.717, 1.165) is 5.41 Å². The van der Waals surface area contributed by atoms with E-state index in [9.17, 15) is 8.42 Å². The second-order valence-electron chi connectivity index (χ2n) is 3.71. The Morgan fingerprint density at radius 3 is 2.47 bits per heavy atom. The molecule has 0 atom stereocenters. The molecule has 2 rings (SSSR count). The van der Waals surface area contributed by atoms with Crippen LogP contribution in [0.4, 0.5) is 5.69 Å². The number of anilines is 1. The van der Waals surface area contributed by atoms with Crippen LogP contribution < -0.4 is 4.72 Å². The van der Waals surface area contributed by atoms with Crippen LogP contribution in [0.25, 0.3) is 6.08 Å². The van der Waals surface area contributed by atoms with Crippen molar-refractivity contribution < 1.29 is 8.42 Å². The van der Waals surface area contributed by atoms with Crippen LogP contribution in [0.3, 0.4) is 0 Å². The number of rotatable bonds is 4. The van der Waals surface area contributed by atoms with E-state index in [0.29, 0.717) is 16.3 Å². The third kappa shape index (κ3) is 4.08. The Labute approximate surface area is 116 Å². The Bertz CT molecular complexity index is 685. The van der Waals surface area contributed by atoms with Gasteiger partial charge in [0.05, 0.1) is 11.1 Å². The molecule has 4 nitrogen and oxygen atoms in total. The Morgan fingerprint density at radius 2 is 1.79 bits per heavy atom. The Hall–Kier alpha value is -1.85. The summed E-state index contributed by atoms with van der Waals surface area (Å²) in [6.45, 7) is 0. The highest BCUT2D eigenvalue weighted by Gasteiger charge is 2.05. The molecule has 0 unspecified atom stereocenters. The second kappa shape index (κ2) is 5.86. The van der Waals surface area contributed by atoms with Crippen molar-refractivity contribution in [3.8, 4) is 0 Å². The van der Waals surface area contributed by atoms with Crippen molar-refractivity contribution in [2.24, 2.45) is 0 Å². The summed E-state index contributed by atoms with van der Waals surface area (Å²) >= 11 is 5.94. The van der Waals surface area contributed by atoms with E-state index in [1.165, 1.54) is 18.5 Å². The van der Waals surface area contributed by atoms with Gasteiger partial charge in [-0.2, -0.15) is 0 Å². The normalized spacial score (nSPS) is 11.6. The van der Waals surface area contributed by atoms with E-state index < -0.39 is 10.0 Å². The molecule has 6 heteroatoms. The van der Waals surface area contributed by atoms with E-state index >= 15 is 0 Å². The van der Waals surface area contributed by atoms with Crippen LogP contribution in [0.1, 0.15) is 5.56 Å². The minimum Gasteiger partial charge on any atom is -0.280 e. The molecule has 0 spiro atoms. The van der Waals surface area contributed by atoms with Crippen molar-refractivity contribution in [1.82, 2.24) is 4.98 Å². The Balaban J connectivity index is 2.16. The molecule has 1 aromatic heterocycles. The highest BCUT2D eigenvalue weighted by molar-refractivity contribution is 7.95. The van der Waals surface area contributed by atoms with Gasteiger partial charge in [-0.25, -0.2) is 8.42 Å². The molecule has 0 fully saturated rings. The monoisotopic (exact) mass is 294 g/mol. The first-order chi connectivity index (χ1) is 9.07. The fraction of sp³-hybridized carbons (Fsp3) is 0. The number of benzene rings is 1. The molecule has 0 saturated heterocycles. The molecule has 19 heavy (non-hydrogen) atoms. The third-order valence-electron chi connectivity index (χ3n) is 2.27. The molecule has 0 amide bonds. The summed E-state index contributed by atoms with van der Waals surface area (Å²) in [5.41, 5.74) is 1.10. The van der Waals surface area contributed by atoms with Gasteiger partial charge in [0.25, 0.3) is 10.0 Å². The average Bonchev–Trinajstić information content (AvgIpc) is 2.38. The molecule has 1 N–H and O–H groups in total. The molecular weight excluding hydrogens is 284 g/mol. The van der Waals surface area contributed by atoms with Crippen molar-refractivity contribution in [3.63, 3.8) is 0 Å². The summed E-state index contributed by atoms with van der Waals surface area (Å²) in [5, 5.41) is 1.58. The zero-order chi connectivity index (χ0) is 13.7. The summed E-state index contributed by atoms with van der Waals surface area (Å²) in [7, 11) is -3.57. The quantitative estimate of drug-likeness (QED) is 0.942. The topological polar surface area (TPSA) is 59.1 Å². The van der Waals surface area contributed by atoms with Crippen molar-refractivity contribution in [2.75, 3.05) is 4.72 Å². The number of nitrogens with one attached hydrogen (secondary N) is 1. The van der Waals surface area contributed by atoms with Crippen LogP contribution in [0.2, 0.25) is 5.02 Å². The van der Waals surface area contributed by atoms with Crippen LogP contribution in [0, 0.1) is 0 Å². The summed E-state index contributed by atoms with van der Waals surface area (Å²) < 4.78 is 26.1. The second-order valence-corrected chi connectivity index (χ2v) is 5.68. The zero-order valence-corrected chi connectivity index (χ0v) is 11.4. The predicted octanol–water partition coefficient (Wildman–Crippen LogP) is 3.15. The maximum atomic E-state index is 11.8. The standard InChI is InChI=1S/C13H11ClN2O2S/c14-13-4-2-1-3-11(13)7-10-19(17,18)16-12-5-8-15-9-6-12/h1-10H,(H,15,16).